The molecule has 1 amide bonds. The number of aryl methyl sites for hydroxylation is 1. The summed E-state index contributed by atoms with van der Waals surface area (Å²) in [6.45, 7) is 11.7. The number of nitrogens with zero attached hydrogens (tertiary/aromatic N) is 2. The maximum absolute atomic E-state index is 12.4. The molecule has 0 aliphatic carbocycles. The number of hydrogen-bond acceptors (Lipinski definition) is 3. The molecule has 5 nitrogen and oxygen atoms in total. The number of aromatic nitrogens is 2. The quantitative estimate of drug-likeness (QED) is 0.156. The average molecular weight is 609 g/mol. The zero-order valence-corrected chi connectivity index (χ0v) is 27.1. The van der Waals surface area contributed by atoms with Crippen LogP contribution in [0.2, 0.25) is 0 Å². The minimum Gasteiger partial charge on any atom is -0.497 e. The molecule has 1 aromatic heterocycles. The Kier molecular flexibility index (Phi) is 12.5. The number of rotatable bonds is 13. The van der Waals surface area contributed by atoms with E-state index in [1.165, 1.54) is 0 Å². The molecule has 3 aromatic rings. The van der Waals surface area contributed by atoms with Crippen LogP contribution in [-0.2, 0) is 11.3 Å². The number of hydrogen-bond donors (Lipinski definition) is 1. The number of halogens is 2. The molecule has 42 heavy (non-hydrogen) atoms. The second kappa shape index (κ2) is 15.8. The highest BCUT2D eigenvalue weighted by Crippen LogP contribution is 2.28. The molecule has 0 saturated heterocycles. The number of ether oxygens (including phenoxy) is 1. The number of imidazole rings is 1. The molecular weight excluding hydrogens is 565 g/mol. The number of alkyl halides is 1. The van der Waals surface area contributed by atoms with Gasteiger partial charge in [0, 0.05) is 36.3 Å². The predicted molar refractivity (Wildman–Crippen MR) is 179 cm³/mol. The molecule has 0 radical (unpaired) electrons. The fraction of sp³-hybridized carbons (Fsp3) is 0.371. The molecule has 3 rings (SSSR count). The fourth-order valence-corrected chi connectivity index (χ4v) is 4.97. The van der Waals surface area contributed by atoms with E-state index >= 15 is 0 Å². The van der Waals surface area contributed by atoms with Gasteiger partial charge in [0.15, 0.2) is 0 Å². The highest BCUT2D eigenvalue weighted by atomic mass is 35.5. The standard InChI is InChI=1S/C35H43Cl2N3O2/c1-7-30(31(37)23-25(2)36)32-24-40(22-8-9-34(41)38-21-20-35(3,4)5)33(39-32)19-12-26-10-13-27(14-11-26)28-15-17-29(42-6)18-16-28/h7,10-19,23-25H,8-9,20-22H2,1-6H3,(H,38,41)/b19-12+,30-7+,31-23+. The largest absolute Gasteiger partial charge is 0.497 e. The number of carbonyl (C=O) groups is 1. The van der Waals surface area contributed by atoms with E-state index in [2.05, 4.69) is 67.1 Å². The van der Waals surface area contributed by atoms with Gasteiger partial charge in [0.25, 0.3) is 0 Å². The zero-order valence-electron chi connectivity index (χ0n) is 25.6. The Morgan fingerprint density at radius 2 is 1.71 bits per heavy atom. The Bertz CT molecular complexity index is 1390. The van der Waals surface area contributed by atoms with Crippen molar-refractivity contribution in [3.05, 3.63) is 89.0 Å². The maximum atomic E-state index is 12.4. The van der Waals surface area contributed by atoms with E-state index in [1.807, 2.05) is 50.4 Å². The van der Waals surface area contributed by atoms with Crippen molar-refractivity contribution in [1.29, 1.82) is 0 Å². The molecule has 0 bridgehead atoms. The van der Waals surface area contributed by atoms with Gasteiger partial charge in [-0.3, -0.25) is 4.79 Å². The summed E-state index contributed by atoms with van der Waals surface area (Å²) in [6, 6.07) is 16.4. The molecule has 1 unspecified atom stereocenters. The van der Waals surface area contributed by atoms with E-state index in [9.17, 15) is 4.79 Å². The number of allylic oxidation sites excluding steroid dienone is 4. The lowest BCUT2D eigenvalue weighted by Gasteiger charge is -2.18. The summed E-state index contributed by atoms with van der Waals surface area (Å²) in [5.41, 5.74) is 5.10. The third-order valence-corrected chi connectivity index (χ3v) is 7.22. The van der Waals surface area contributed by atoms with Gasteiger partial charge in [-0.15, -0.1) is 11.6 Å². The van der Waals surface area contributed by atoms with Crippen molar-refractivity contribution in [2.45, 2.75) is 65.8 Å². The summed E-state index contributed by atoms with van der Waals surface area (Å²) < 4.78 is 7.35. The highest BCUT2D eigenvalue weighted by Gasteiger charge is 2.14. The topological polar surface area (TPSA) is 56.2 Å². The summed E-state index contributed by atoms with van der Waals surface area (Å²) in [5, 5.41) is 3.40. The molecule has 0 spiro atoms. The first kappa shape index (κ1) is 33.2. The van der Waals surface area contributed by atoms with E-state index in [4.69, 9.17) is 32.9 Å². The van der Waals surface area contributed by atoms with Crippen LogP contribution in [0.4, 0.5) is 0 Å². The third kappa shape index (κ3) is 10.5. The van der Waals surface area contributed by atoms with Crippen molar-refractivity contribution in [3.8, 4) is 16.9 Å². The van der Waals surface area contributed by atoms with Gasteiger partial charge >= 0.3 is 0 Å². The van der Waals surface area contributed by atoms with Gasteiger partial charge in [0.05, 0.1) is 18.2 Å². The molecule has 1 heterocycles. The van der Waals surface area contributed by atoms with Crippen LogP contribution in [0.15, 0.2) is 71.9 Å². The van der Waals surface area contributed by atoms with Gasteiger partial charge in [0.1, 0.15) is 11.6 Å². The number of methoxy groups -OCH3 is 1. The smallest absolute Gasteiger partial charge is 0.220 e. The van der Waals surface area contributed by atoms with Crippen LogP contribution in [0, 0.1) is 5.41 Å². The summed E-state index contributed by atoms with van der Waals surface area (Å²) in [4.78, 5) is 17.3. The second-order valence-corrected chi connectivity index (χ2v) is 12.6. The van der Waals surface area contributed by atoms with Crippen LogP contribution in [0.3, 0.4) is 0 Å². The molecule has 2 aromatic carbocycles. The van der Waals surface area contributed by atoms with Crippen LogP contribution in [-0.4, -0.2) is 34.5 Å². The SMILES string of the molecule is C/C=C(\C(Cl)=C/C(C)Cl)c1cn(CCCC(=O)NCCC(C)(C)C)c(/C=C/c2ccc(-c3ccc(OC)cc3)cc2)n1. The van der Waals surface area contributed by atoms with E-state index in [-0.39, 0.29) is 16.7 Å². The summed E-state index contributed by atoms with van der Waals surface area (Å²) in [7, 11) is 1.67. The predicted octanol–water partition coefficient (Wildman–Crippen LogP) is 9.22. The molecular formula is C35H43Cl2N3O2. The minimum absolute atomic E-state index is 0.0739. The summed E-state index contributed by atoms with van der Waals surface area (Å²) >= 11 is 12.8. The van der Waals surface area contributed by atoms with Crippen LogP contribution in [0.1, 0.15) is 71.0 Å². The van der Waals surface area contributed by atoms with Gasteiger partial charge in [-0.1, -0.05) is 80.9 Å². The van der Waals surface area contributed by atoms with Crippen molar-refractivity contribution in [3.63, 3.8) is 0 Å². The average Bonchev–Trinajstić information content (AvgIpc) is 3.33. The fourth-order valence-electron chi connectivity index (χ4n) is 4.39. The number of carbonyl (C=O) groups excluding carboxylic acids is 1. The Labute approximate surface area is 261 Å². The van der Waals surface area contributed by atoms with Crippen LogP contribution < -0.4 is 10.1 Å². The Morgan fingerprint density at radius 1 is 1.07 bits per heavy atom. The summed E-state index contributed by atoms with van der Waals surface area (Å²) in [6.07, 6.45) is 11.9. The van der Waals surface area contributed by atoms with Crippen molar-refractivity contribution >= 4 is 46.8 Å². The Morgan fingerprint density at radius 3 is 2.29 bits per heavy atom. The van der Waals surface area contributed by atoms with E-state index < -0.39 is 0 Å². The molecule has 0 aliphatic rings. The first-order valence-electron chi connectivity index (χ1n) is 14.4. The van der Waals surface area contributed by atoms with Gasteiger partial charge in [-0.2, -0.15) is 0 Å². The molecule has 0 aliphatic heterocycles. The van der Waals surface area contributed by atoms with Crippen LogP contribution in [0.5, 0.6) is 5.75 Å². The lowest BCUT2D eigenvalue weighted by molar-refractivity contribution is -0.121. The van der Waals surface area contributed by atoms with Gasteiger partial charge in [-0.05, 0) is 73.1 Å². The van der Waals surface area contributed by atoms with Crippen LogP contribution in [0.25, 0.3) is 28.9 Å². The molecule has 1 atom stereocenters. The van der Waals surface area contributed by atoms with Gasteiger partial charge in [-0.25, -0.2) is 4.98 Å². The van der Waals surface area contributed by atoms with Crippen LogP contribution >= 0.6 is 23.2 Å². The minimum atomic E-state index is -0.202. The molecule has 1 N–H and O–H groups in total. The third-order valence-electron chi connectivity index (χ3n) is 6.76. The molecule has 224 valence electrons. The van der Waals surface area contributed by atoms with Crippen molar-refractivity contribution in [1.82, 2.24) is 14.9 Å². The van der Waals surface area contributed by atoms with E-state index in [1.54, 1.807) is 13.2 Å². The normalized spacial score (nSPS) is 13.4. The Hall–Kier alpha value is -3.28. The molecule has 0 saturated carbocycles. The number of nitrogens with one attached hydrogen (secondary N) is 1. The van der Waals surface area contributed by atoms with Gasteiger partial charge < -0.3 is 14.6 Å². The van der Waals surface area contributed by atoms with Crippen molar-refractivity contribution in [2.24, 2.45) is 5.41 Å². The lowest BCUT2D eigenvalue weighted by atomic mass is 9.92. The summed E-state index contributed by atoms with van der Waals surface area (Å²) in [5.74, 6) is 1.70. The molecule has 7 heteroatoms. The first-order chi connectivity index (χ1) is 20.0. The second-order valence-electron chi connectivity index (χ2n) is 11.5. The highest BCUT2D eigenvalue weighted by molar-refractivity contribution is 6.37. The van der Waals surface area contributed by atoms with Crippen molar-refractivity contribution in [2.75, 3.05) is 13.7 Å². The lowest BCUT2D eigenvalue weighted by Crippen LogP contribution is -2.27. The van der Waals surface area contributed by atoms with E-state index in [0.29, 0.717) is 31.0 Å². The number of amides is 1. The van der Waals surface area contributed by atoms with E-state index in [0.717, 1.165) is 46.0 Å². The van der Waals surface area contributed by atoms with Gasteiger partial charge in [0.2, 0.25) is 5.91 Å². The number of benzene rings is 2. The maximum Gasteiger partial charge on any atom is 0.220 e. The molecule has 0 fully saturated rings. The Balaban J connectivity index is 1.78. The zero-order chi connectivity index (χ0) is 30.7. The monoisotopic (exact) mass is 607 g/mol. The van der Waals surface area contributed by atoms with Crippen molar-refractivity contribution < 1.29 is 9.53 Å². The first-order valence-corrected chi connectivity index (χ1v) is 15.3.